The maximum atomic E-state index is 7.19. The molecule has 8 aromatic carbocycles. The molecule has 15 rings (SSSR count). The third-order valence-electron chi connectivity index (χ3n) is 14.1. The van der Waals surface area contributed by atoms with E-state index in [2.05, 4.69) is 155 Å². The van der Waals surface area contributed by atoms with Crippen LogP contribution >= 0.6 is 11.8 Å². The summed E-state index contributed by atoms with van der Waals surface area (Å²) in [6.07, 6.45) is 1.86. The van der Waals surface area contributed by atoms with Crippen LogP contribution in [0.4, 0.5) is 17.1 Å². The van der Waals surface area contributed by atoms with Gasteiger partial charge in [0.2, 0.25) is 0 Å². The molecule has 0 fully saturated rings. The lowest BCUT2D eigenvalue weighted by atomic mass is 9.67. The van der Waals surface area contributed by atoms with Gasteiger partial charge in [-0.25, -0.2) is 19.9 Å². The van der Waals surface area contributed by atoms with Crippen LogP contribution in [0.15, 0.2) is 234 Å². The van der Waals surface area contributed by atoms with E-state index in [4.69, 9.17) is 29.7 Å². The monoisotopic (exact) mass is 927 g/mol. The van der Waals surface area contributed by atoms with Gasteiger partial charge < -0.3 is 14.2 Å². The molecule has 0 bridgehead atoms. The molecule has 9 heteroatoms. The van der Waals surface area contributed by atoms with Gasteiger partial charge in [0, 0.05) is 44.4 Å². The van der Waals surface area contributed by atoms with Crippen molar-refractivity contribution in [3.8, 4) is 62.9 Å². The molecule has 1 aliphatic carbocycles. The first kappa shape index (κ1) is 39.8. The standard InChI is InChI=1S/C62H37N7OS/c1-3-17-38(18-4-1)59-65-60(39-19-5-2-6-20-39)67-61(66-59)48-34-32-46-56(64-48)55-45(26-16-36-63-55)62(46)44-25-9-14-31-54(44)71-58-47(62)33-35-52-57(58)70-53-30-13-12-29-51(53)69(52)41-22-15-21-40(37-41)68-49-27-10-7-23-42(49)43-24-8-11-28-50(43)68/h1-37H. The van der Waals surface area contributed by atoms with Crippen molar-refractivity contribution in [3.63, 3.8) is 0 Å². The Morgan fingerprint density at radius 3 is 1.83 bits per heavy atom. The number of hydrogen-bond donors (Lipinski definition) is 0. The van der Waals surface area contributed by atoms with E-state index in [9.17, 15) is 0 Å². The van der Waals surface area contributed by atoms with Crippen molar-refractivity contribution in [1.29, 1.82) is 0 Å². The van der Waals surface area contributed by atoms with Gasteiger partial charge in [0.15, 0.2) is 29.0 Å². The van der Waals surface area contributed by atoms with E-state index in [1.165, 1.54) is 27.4 Å². The van der Waals surface area contributed by atoms with Crippen LogP contribution in [0.3, 0.4) is 0 Å². The van der Waals surface area contributed by atoms with Crippen LogP contribution in [-0.4, -0.2) is 29.5 Å². The summed E-state index contributed by atoms with van der Waals surface area (Å²) in [4.78, 5) is 30.3. The zero-order valence-corrected chi connectivity index (χ0v) is 38.6. The van der Waals surface area contributed by atoms with E-state index < -0.39 is 5.41 Å². The number of aromatic nitrogens is 6. The maximum Gasteiger partial charge on any atom is 0.182 e. The summed E-state index contributed by atoms with van der Waals surface area (Å²) in [5.41, 5.74) is 14.0. The smallest absolute Gasteiger partial charge is 0.182 e. The van der Waals surface area contributed by atoms with Gasteiger partial charge in [0.25, 0.3) is 0 Å². The number of rotatable bonds is 5. The van der Waals surface area contributed by atoms with Crippen LogP contribution in [0, 0.1) is 0 Å². The minimum Gasteiger partial charge on any atom is -0.452 e. The third-order valence-corrected chi connectivity index (χ3v) is 15.3. The molecule has 2 aliphatic heterocycles. The number of fused-ring (bicyclic) bond motifs is 15. The highest BCUT2D eigenvalue weighted by Gasteiger charge is 2.53. The Hall–Kier alpha value is -9.18. The molecular weight excluding hydrogens is 891 g/mol. The fourth-order valence-electron chi connectivity index (χ4n) is 11.2. The molecule has 4 aromatic heterocycles. The number of ether oxygens (including phenoxy) is 1. The van der Waals surface area contributed by atoms with Gasteiger partial charge in [-0.05, 0) is 89.0 Å². The summed E-state index contributed by atoms with van der Waals surface area (Å²) < 4.78 is 9.56. The van der Waals surface area contributed by atoms with Crippen molar-refractivity contribution in [3.05, 3.63) is 247 Å². The molecular formula is C62H37N7OS. The molecule has 8 nitrogen and oxygen atoms in total. The van der Waals surface area contributed by atoms with Crippen LogP contribution in [0.5, 0.6) is 11.5 Å². The number of pyridine rings is 2. The molecule has 0 radical (unpaired) electrons. The summed E-state index contributed by atoms with van der Waals surface area (Å²) >= 11 is 1.76. The molecule has 0 saturated heterocycles. The number of anilines is 3. The van der Waals surface area contributed by atoms with Crippen molar-refractivity contribution in [2.24, 2.45) is 0 Å². The number of hydrogen-bond acceptors (Lipinski definition) is 8. The summed E-state index contributed by atoms with van der Waals surface area (Å²) in [5.74, 6) is 3.24. The molecule has 71 heavy (non-hydrogen) atoms. The zero-order chi connectivity index (χ0) is 46.6. The van der Waals surface area contributed by atoms with E-state index in [1.54, 1.807) is 11.8 Å². The van der Waals surface area contributed by atoms with Crippen LogP contribution in [-0.2, 0) is 5.41 Å². The molecule has 6 heterocycles. The Morgan fingerprint density at radius 1 is 0.437 bits per heavy atom. The van der Waals surface area contributed by atoms with Gasteiger partial charge in [-0.15, -0.1) is 0 Å². The Labute approximate surface area is 412 Å². The fraction of sp³-hybridized carbons (Fsp3) is 0.0161. The van der Waals surface area contributed by atoms with Crippen molar-refractivity contribution in [1.82, 2.24) is 29.5 Å². The van der Waals surface area contributed by atoms with E-state index in [0.717, 1.165) is 83.2 Å². The summed E-state index contributed by atoms with van der Waals surface area (Å²) in [6, 6.07) is 76.4. The van der Waals surface area contributed by atoms with Crippen molar-refractivity contribution < 1.29 is 4.74 Å². The van der Waals surface area contributed by atoms with E-state index in [-0.39, 0.29) is 0 Å². The lowest BCUT2D eigenvalue weighted by Crippen LogP contribution is -2.32. The van der Waals surface area contributed by atoms with Crippen LogP contribution in [0.1, 0.15) is 22.3 Å². The largest absolute Gasteiger partial charge is 0.452 e. The average molecular weight is 928 g/mol. The molecule has 1 unspecified atom stereocenters. The molecule has 0 saturated carbocycles. The average Bonchev–Trinajstić information content (AvgIpc) is 3.93. The molecule has 12 aromatic rings. The van der Waals surface area contributed by atoms with Gasteiger partial charge in [-0.2, -0.15) is 0 Å². The summed E-state index contributed by atoms with van der Waals surface area (Å²) in [5, 5.41) is 2.45. The van der Waals surface area contributed by atoms with E-state index in [0.29, 0.717) is 23.2 Å². The zero-order valence-electron chi connectivity index (χ0n) is 37.8. The topological polar surface area (TPSA) is 81.9 Å². The van der Waals surface area contributed by atoms with Crippen LogP contribution in [0.2, 0.25) is 0 Å². The Bertz CT molecular complexity index is 4050. The SMILES string of the molecule is c1ccc(-c2nc(-c3ccccc3)nc(-c3ccc4c(n3)-c3ncccc3C43c4ccccc4Sc4c3ccc3c4Oc4ccccc4N3c3cccc(-n4c5ccccc5c5ccccc54)c3)n2)cc1. The van der Waals surface area contributed by atoms with Crippen molar-refractivity contribution in [2.75, 3.05) is 4.90 Å². The Kier molecular flexibility index (Phi) is 8.64. The van der Waals surface area contributed by atoms with Gasteiger partial charge in [0.1, 0.15) is 5.69 Å². The van der Waals surface area contributed by atoms with Gasteiger partial charge in [-0.3, -0.25) is 4.98 Å². The number of para-hydroxylation sites is 4. The maximum absolute atomic E-state index is 7.19. The van der Waals surface area contributed by atoms with E-state index >= 15 is 0 Å². The van der Waals surface area contributed by atoms with Crippen molar-refractivity contribution in [2.45, 2.75) is 15.2 Å². The summed E-state index contributed by atoms with van der Waals surface area (Å²) in [7, 11) is 0. The first-order valence-corrected chi connectivity index (χ1v) is 24.5. The van der Waals surface area contributed by atoms with E-state index in [1.807, 2.05) is 79.0 Å². The third kappa shape index (κ3) is 5.84. The molecule has 0 N–H and O–H groups in total. The van der Waals surface area contributed by atoms with Gasteiger partial charge in [0.05, 0.1) is 44.1 Å². The quantitative estimate of drug-likeness (QED) is 0.169. The molecule has 332 valence electrons. The second-order valence-corrected chi connectivity index (χ2v) is 19.0. The van der Waals surface area contributed by atoms with Gasteiger partial charge in [-0.1, -0.05) is 163 Å². The molecule has 1 atom stereocenters. The first-order chi connectivity index (χ1) is 35.2. The Balaban J connectivity index is 0.927. The fourth-order valence-corrected chi connectivity index (χ4v) is 12.4. The minimum absolute atomic E-state index is 0.488. The normalized spacial score (nSPS) is 14.8. The minimum atomic E-state index is -0.776. The molecule has 3 aliphatic rings. The highest BCUT2D eigenvalue weighted by Crippen LogP contribution is 2.65. The van der Waals surface area contributed by atoms with Crippen LogP contribution < -0.4 is 9.64 Å². The molecule has 1 spiro atoms. The second kappa shape index (κ2) is 15.4. The predicted molar refractivity (Wildman–Crippen MR) is 282 cm³/mol. The number of benzene rings is 8. The highest BCUT2D eigenvalue weighted by molar-refractivity contribution is 7.99. The lowest BCUT2D eigenvalue weighted by molar-refractivity contribution is 0.461. The first-order valence-electron chi connectivity index (χ1n) is 23.7. The highest BCUT2D eigenvalue weighted by atomic mass is 32.2. The van der Waals surface area contributed by atoms with Gasteiger partial charge >= 0.3 is 0 Å². The molecule has 0 amide bonds. The number of nitrogens with zero attached hydrogens (tertiary/aromatic N) is 7. The van der Waals surface area contributed by atoms with Crippen molar-refractivity contribution >= 4 is 50.6 Å². The Morgan fingerprint density at radius 2 is 1.06 bits per heavy atom. The van der Waals surface area contributed by atoms with Crippen LogP contribution in [0.25, 0.3) is 73.2 Å². The summed E-state index contributed by atoms with van der Waals surface area (Å²) in [6.45, 7) is 0. The predicted octanol–water partition coefficient (Wildman–Crippen LogP) is 15.2. The lowest BCUT2D eigenvalue weighted by Gasteiger charge is -2.41. The second-order valence-electron chi connectivity index (χ2n) is 18.0.